The van der Waals surface area contributed by atoms with Crippen LogP contribution in [0.3, 0.4) is 0 Å². The topological polar surface area (TPSA) is 23.8 Å². The van der Waals surface area contributed by atoms with E-state index in [1.165, 1.54) is 18.2 Å². The third kappa shape index (κ3) is 5.93. The summed E-state index contributed by atoms with van der Waals surface area (Å²) in [5, 5.41) is 9.07. The summed E-state index contributed by atoms with van der Waals surface area (Å²) in [7, 11) is 0. The van der Waals surface area contributed by atoms with Gasteiger partial charge in [0.25, 0.3) is 5.92 Å². The number of rotatable bonds is 7. The van der Waals surface area contributed by atoms with Crippen molar-refractivity contribution in [1.82, 2.24) is 0 Å². The molecule has 0 aromatic heterocycles. The maximum absolute atomic E-state index is 13.7. The van der Waals surface area contributed by atoms with Gasteiger partial charge in [-0.15, -0.1) is 0 Å². The zero-order chi connectivity index (χ0) is 16.8. The van der Waals surface area contributed by atoms with Gasteiger partial charge >= 0.3 is 0 Å². The Hall–Kier alpha value is -1.76. The molecular weight excluding hydrogens is 287 g/mol. The molecule has 1 nitrogen and oxygen atoms in total. The van der Waals surface area contributed by atoms with E-state index in [4.69, 9.17) is 5.26 Å². The molecule has 0 aliphatic heterocycles. The zero-order valence-corrected chi connectivity index (χ0v) is 13.2. The molecule has 22 heavy (non-hydrogen) atoms. The quantitative estimate of drug-likeness (QED) is 0.608. The van der Waals surface area contributed by atoms with E-state index in [1.54, 1.807) is 12.1 Å². The highest BCUT2D eigenvalue weighted by Gasteiger charge is 2.28. The molecule has 1 aromatic carbocycles. The van der Waals surface area contributed by atoms with Gasteiger partial charge in [-0.3, -0.25) is 0 Å². The maximum atomic E-state index is 13.7. The highest BCUT2D eigenvalue weighted by atomic mass is 19.3. The summed E-state index contributed by atoms with van der Waals surface area (Å²) in [5.74, 6) is -3.74. The number of aryl methyl sites for hydroxylation is 1. The number of hydrogen-bond donors (Lipinski definition) is 0. The molecule has 0 spiro atoms. The Morgan fingerprint density at radius 1 is 1.27 bits per heavy atom. The van der Waals surface area contributed by atoms with Gasteiger partial charge in [0, 0.05) is 6.92 Å². The summed E-state index contributed by atoms with van der Waals surface area (Å²) in [6, 6.07) is 8.12. The highest BCUT2D eigenvalue weighted by molar-refractivity contribution is 5.19. The molecule has 0 fully saturated rings. The number of halogens is 3. The van der Waals surface area contributed by atoms with Crippen molar-refractivity contribution in [3.63, 3.8) is 0 Å². The summed E-state index contributed by atoms with van der Waals surface area (Å²) in [4.78, 5) is 0. The lowest BCUT2D eigenvalue weighted by Crippen LogP contribution is -2.17. The summed E-state index contributed by atoms with van der Waals surface area (Å²) in [6.07, 6.45) is 2.78. The van der Waals surface area contributed by atoms with Crippen LogP contribution in [0, 0.1) is 29.0 Å². The van der Waals surface area contributed by atoms with Crippen LogP contribution in [-0.2, 0) is 6.42 Å². The van der Waals surface area contributed by atoms with Crippen molar-refractivity contribution >= 4 is 0 Å². The van der Waals surface area contributed by atoms with Gasteiger partial charge in [0.15, 0.2) is 0 Å². The van der Waals surface area contributed by atoms with Gasteiger partial charge in [0.2, 0.25) is 0 Å². The molecule has 4 heteroatoms. The van der Waals surface area contributed by atoms with E-state index in [9.17, 15) is 13.2 Å². The first-order valence-electron chi connectivity index (χ1n) is 7.47. The fourth-order valence-electron chi connectivity index (χ4n) is 2.18. The molecule has 0 heterocycles. The summed E-state index contributed by atoms with van der Waals surface area (Å²) in [5.41, 5.74) is 0.927. The Kier molecular flexibility index (Phi) is 6.67. The minimum absolute atomic E-state index is 0.000511. The van der Waals surface area contributed by atoms with Crippen molar-refractivity contribution in [2.75, 3.05) is 0 Å². The van der Waals surface area contributed by atoms with Crippen LogP contribution in [0.15, 0.2) is 35.9 Å². The van der Waals surface area contributed by atoms with Crippen LogP contribution in [0.4, 0.5) is 13.2 Å². The first kappa shape index (κ1) is 18.3. The Morgan fingerprint density at radius 3 is 2.32 bits per heavy atom. The van der Waals surface area contributed by atoms with Gasteiger partial charge in [0.05, 0.1) is 12.0 Å². The molecule has 1 atom stereocenters. The van der Waals surface area contributed by atoms with Crippen molar-refractivity contribution in [2.24, 2.45) is 11.8 Å². The number of hydrogen-bond acceptors (Lipinski definition) is 1. The first-order valence-corrected chi connectivity index (χ1v) is 7.47. The van der Waals surface area contributed by atoms with E-state index in [0.29, 0.717) is 12.8 Å². The van der Waals surface area contributed by atoms with E-state index in [2.05, 4.69) is 6.07 Å². The minimum atomic E-state index is -2.92. The van der Waals surface area contributed by atoms with E-state index >= 15 is 0 Å². The van der Waals surface area contributed by atoms with Crippen LogP contribution in [0.2, 0.25) is 0 Å². The Balaban J connectivity index is 2.73. The smallest absolute Gasteiger partial charge is 0.207 e. The zero-order valence-electron chi connectivity index (χ0n) is 13.2. The first-order chi connectivity index (χ1) is 10.2. The van der Waals surface area contributed by atoms with Gasteiger partial charge in [-0.05, 0) is 48.4 Å². The van der Waals surface area contributed by atoms with Crippen LogP contribution in [-0.4, -0.2) is 5.92 Å². The lowest BCUT2D eigenvalue weighted by atomic mass is 9.91. The molecule has 0 N–H and O–H groups in total. The van der Waals surface area contributed by atoms with Gasteiger partial charge < -0.3 is 0 Å². The molecule has 0 amide bonds. The largest absolute Gasteiger partial charge is 0.266 e. The molecule has 0 aliphatic carbocycles. The molecule has 1 aromatic rings. The summed E-state index contributed by atoms with van der Waals surface area (Å²) in [6.45, 7) is 4.55. The van der Waals surface area contributed by atoms with Gasteiger partial charge in [-0.25, -0.2) is 13.2 Å². The molecule has 1 rings (SSSR count). The fourth-order valence-corrected chi connectivity index (χ4v) is 2.18. The molecule has 0 aliphatic rings. The highest BCUT2D eigenvalue weighted by Crippen LogP contribution is 2.30. The van der Waals surface area contributed by atoms with Crippen molar-refractivity contribution < 1.29 is 13.2 Å². The second-order valence-corrected chi connectivity index (χ2v) is 5.96. The van der Waals surface area contributed by atoms with Gasteiger partial charge in [0.1, 0.15) is 5.82 Å². The molecule has 1 unspecified atom stereocenters. The van der Waals surface area contributed by atoms with Crippen molar-refractivity contribution in [3.8, 4) is 6.07 Å². The maximum Gasteiger partial charge on any atom is 0.266 e. The number of allylic oxidation sites excluding steroid dienone is 2. The Morgan fingerprint density at radius 2 is 1.86 bits per heavy atom. The molecule has 0 saturated carbocycles. The Bertz CT molecular complexity index is 533. The second kappa shape index (κ2) is 8.03. The lowest BCUT2D eigenvalue weighted by molar-refractivity contribution is 0.0584. The number of nitrogens with zero attached hydrogens (tertiary/aromatic N) is 1. The van der Waals surface area contributed by atoms with Crippen LogP contribution in [0.25, 0.3) is 0 Å². The monoisotopic (exact) mass is 309 g/mol. The van der Waals surface area contributed by atoms with Crippen molar-refractivity contribution in [1.29, 1.82) is 5.26 Å². The molecule has 0 bridgehead atoms. The lowest BCUT2D eigenvalue weighted by Gasteiger charge is -2.18. The average molecular weight is 309 g/mol. The molecule has 0 radical (unpaired) electrons. The predicted octanol–water partition coefficient (Wildman–Crippen LogP) is 5.53. The SMILES string of the molecule is CC(C)C(C#N)/C=C(\CCCc1ccc(F)cc1)C(C)(F)F. The van der Waals surface area contributed by atoms with Crippen molar-refractivity contribution in [3.05, 3.63) is 47.3 Å². The average Bonchev–Trinajstić information content (AvgIpc) is 2.43. The van der Waals surface area contributed by atoms with Crippen LogP contribution in [0.5, 0.6) is 0 Å². The van der Waals surface area contributed by atoms with Crippen LogP contribution < -0.4 is 0 Å². The minimum Gasteiger partial charge on any atom is -0.207 e. The normalized spacial score (nSPS) is 14.0. The third-order valence-corrected chi connectivity index (χ3v) is 3.64. The molecule has 120 valence electrons. The number of nitriles is 1. The summed E-state index contributed by atoms with van der Waals surface area (Å²) < 4.78 is 40.2. The second-order valence-electron chi connectivity index (χ2n) is 5.96. The van der Waals surface area contributed by atoms with Crippen molar-refractivity contribution in [2.45, 2.75) is 46.0 Å². The number of alkyl halides is 2. The standard InChI is InChI=1S/C18H22F3N/c1-13(2)15(12-22)11-16(18(3,20)21)6-4-5-14-7-9-17(19)10-8-14/h7-11,13,15H,4-6H2,1-3H3/b16-11+. The van der Waals surface area contributed by atoms with E-state index in [-0.39, 0.29) is 23.7 Å². The van der Waals surface area contributed by atoms with Gasteiger partial charge in [-0.2, -0.15) is 5.26 Å². The van der Waals surface area contributed by atoms with E-state index < -0.39 is 11.8 Å². The predicted molar refractivity (Wildman–Crippen MR) is 82.0 cm³/mol. The summed E-state index contributed by atoms with van der Waals surface area (Å²) >= 11 is 0. The Labute approximate surface area is 130 Å². The fraction of sp³-hybridized carbons (Fsp3) is 0.500. The molecular formula is C18H22F3N. The van der Waals surface area contributed by atoms with Crippen LogP contribution >= 0.6 is 0 Å². The van der Waals surface area contributed by atoms with E-state index in [0.717, 1.165) is 12.5 Å². The third-order valence-electron chi connectivity index (χ3n) is 3.64. The van der Waals surface area contributed by atoms with E-state index in [1.807, 2.05) is 13.8 Å². The van der Waals surface area contributed by atoms with Crippen LogP contribution in [0.1, 0.15) is 39.2 Å². The van der Waals surface area contributed by atoms with Gasteiger partial charge in [-0.1, -0.05) is 32.1 Å². The number of benzene rings is 1. The molecule has 0 saturated heterocycles.